The maximum absolute atomic E-state index is 12.3. The van der Waals surface area contributed by atoms with Crippen LogP contribution >= 0.6 is 11.3 Å². The Labute approximate surface area is 139 Å². The van der Waals surface area contributed by atoms with E-state index in [0.717, 1.165) is 11.4 Å². The number of para-hydroxylation sites is 2. The quantitative estimate of drug-likeness (QED) is 0.715. The molecule has 0 bridgehead atoms. The van der Waals surface area contributed by atoms with Gasteiger partial charge in [0.1, 0.15) is 10.8 Å². The van der Waals surface area contributed by atoms with Crippen molar-refractivity contribution in [3.63, 3.8) is 0 Å². The molecule has 1 heterocycles. The van der Waals surface area contributed by atoms with Gasteiger partial charge in [-0.1, -0.05) is 12.1 Å². The monoisotopic (exact) mass is 380 g/mol. The molecule has 0 aliphatic rings. The first-order chi connectivity index (χ1) is 11.1. The molecule has 3 N–H and O–H groups in total. The van der Waals surface area contributed by atoms with Crippen LogP contribution in [0.25, 0.3) is 0 Å². The number of carboxylic acids is 1. The summed E-state index contributed by atoms with van der Waals surface area (Å²) in [5.74, 6) is -1.28. The molecular weight excluding hydrogens is 369 g/mol. The predicted molar refractivity (Wildman–Crippen MR) is 83.1 cm³/mol. The standard InChI is InChI=1S/C13H11F3N2O4S2/c14-13(15,16)7-17-9-3-1-2-4-10(9)18-24(21,22)11-5-8(6-23-11)12(19)20/h1-6,17-18H,7H2,(H,19,20). The molecule has 1 aromatic carbocycles. The summed E-state index contributed by atoms with van der Waals surface area (Å²) >= 11 is 0.696. The van der Waals surface area contributed by atoms with Gasteiger partial charge in [0.2, 0.25) is 0 Å². The van der Waals surface area contributed by atoms with Crippen molar-refractivity contribution in [1.29, 1.82) is 0 Å². The molecule has 0 fully saturated rings. The fourth-order valence-electron chi connectivity index (χ4n) is 1.69. The molecule has 0 atom stereocenters. The van der Waals surface area contributed by atoms with Crippen LogP contribution in [0.1, 0.15) is 10.4 Å². The second kappa shape index (κ2) is 6.69. The average molecular weight is 380 g/mol. The van der Waals surface area contributed by atoms with Crippen LogP contribution in [0.15, 0.2) is 39.9 Å². The highest BCUT2D eigenvalue weighted by atomic mass is 32.2. The van der Waals surface area contributed by atoms with Crippen molar-refractivity contribution < 1.29 is 31.5 Å². The topological polar surface area (TPSA) is 95.5 Å². The second-order valence-electron chi connectivity index (χ2n) is 4.58. The van der Waals surface area contributed by atoms with Crippen LogP contribution < -0.4 is 10.0 Å². The molecule has 0 saturated heterocycles. The number of anilines is 2. The van der Waals surface area contributed by atoms with Crippen molar-refractivity contribution in [2.24, 2.45) is 0 Å². The van der Waals surface area contributed by atoms with Crippen LogP contribution in [-0.2, 0) is 10.0 Å². The Morgan fingerprint density at radius 1 is 1.21 bits per heavy atom. The number of nitrogens with one attached hydrogen (secondary N) is 2. The zero-order chi connectivity index (χ0) is 18.0. The molecule has 0 aliphatic heterocycles. The number of rotatable bonds is 6. The minimum absolute atomic E-state index is 0.0478. The summed E-state index contributed by atoms with van der Waals surface area (Å²) in [5.41, 5.74) is -0.315. The number of hydrogen-bond donors (Lipinski definition) is 3. The van der Waals surface area contributed by atoms with Crippen molar-refractivity contribution in [3.05, 3.63) is 41.3 Å². The Kier molecular flexibility index (Phi) is 5.04. The van der Waals surface area contributed by atoms with Crippen LogP contribution in [0.3, 0.4) is 0 Å². The van der Waals surface area contributed by atoms with Crippen molar-refractivity contribution in [2.45, 2.75) is 10.4 Å². The Morgan fingerprint density at radius 3 is 2.38 bits per heavy atom. The molecule has 130 valence electrons. The highest BCUT2D eigenvalue weighted by Crippen LogP contribution is 2.28. The smallest absolute Gasteiger partial charge is 0.405 e. The molecule has 0 saturated carbocycles. The van der Waals surface area contributed by atoms with Crippen LogP contribution in [-0.4, -0.2) is 32.2 Å². The van der Waals surface area contributed by atoms with E-state index in [1.165, 1.54) is 24.3 Å². The molecule has 1 aromatic heterocycles. The van der Waals surface area contributed by atoms with Crippen LogP contribution in [0.5, 0.6) is 0 Å². The van der Waals surface area contributed by atoms with Gasteiger partial charge in [-0.3, -0.25) is 4.72 Å². The largest absolute Gasteiger partial charge is 0.478 e. The van der Waals surface area contributed by atoms with Gasteiger partial charge in [0.05, 0.1) is 16.9 Å². The number of alkyl halides is 3. The van der Waals surface area contributed by atoms with Gasteiger partial charge in [0, 0.05) is 5.38 Å². The van der Waals surface area contributed by atoms with E-state index in [1.807, 2.05) is 0 Å². The van der Waals surface area contributed by atoms with Crippen molar-refractivity contribution in [3.8, 4) is 0 Å². The minimum Gasteiger partial charge on any atom is -0.478 e. The van der Waals surface area contributed by atoms with Crippen LogP contribution in [0, 0.1) is 0 Å². The molecule has 24 heavy (non-hydrogen) atoms. The lowest BCUT2D eigenvalue weighted by atomic mass is 10.3. The van der Waals surface area contributed by atoms with E-state index in [-0.39, 0.29) is 21.1 Å². The number of thiophene rings is 1. The summed E-state index contributed by atoms with van der Waals surface area (Å²) in [7, 11) is -4.12. The first-order valence-corrected chi connectivity index (χ1v) is 8.69. The van der Waals surface area contributed by atoms with Crippen molar-refractivity contribution >= 4 is 38.7 Å². The summed E-state index contributed by atoms with van der Waals surface area (Å²) in [4.78, 5) is 10.8. The molecule has 0 spiro atoms. The zero-order valence-corrected chi connectivity index (χ0v) is 13.4. The lowest BCUT2D eigenvalue weighted by molar-refractivity contribution is -0.115. The molecule has 0 amide bonds. The number of benzene rings is 1. The number of carboxylic acid groups (broad SMARTS) is 1. The molecule has 11 heteroatoms. The maximum Gasteiger partial charge on any atom is 0.405 e. The third-order valence-corrected chi connectivity index (χ3v) is 5.54. The summed E-state index contributed by atoms with van der Waals surface area (Å²) in [6.07, 6.45) is -4.46. The first kappa shape index (κ1) is 18.1. The first-order valence-electron chi connectivity index (χ1n) is 6.33. The Bertz CT molecular complexity index is 847. The van der Waals surface area contributed by atoms with Crippen molar-refractivity contribution in [1.82, 2.24) is 0 Å². The van der Waals surface area contributed by atoms with Gasteiger partial charge in [-0.25, -0.2) is 13.2 Å². The molecule has 6 nitrogen and oxygen atoms in total. The van der Waals surface area contributed by atoms with E-state index in [4.69, 9.17) is 5.11 Å². The van der Waals surface area contributed by atoms with Gasteiger partial charge in [-0.15, -0.1) is 11.3 Å². The number of sulfonamides is 1. The van der Waals surface area contributed by atoms with Gasteiger partial charge in [0.15, 0.2) is 0 Å². The molecule has 2 rings (SSSR count). The normalized spacial score (nSPS) is 12.0. The van der Waals surface area contributed by atoms with Gasteiger partial charge >= 0.3 is 12.1 Å². The number of aromatic carboxylic acids is 1. The fraction of sp³-hybridized carbons (Fsp3) is 0.154. The van der Waals surface area contributed by atoms with Gasteiger partial charge in [0.25, 0.3) is 10.0 Å². The van der Waals surface area contributed by atoms with Crippen LogP contribution in [0.2, 0.25) is 0 Å². The number of hydrogen-bond acceptors (Lipinski definition) is 5. The lowest BCUT2D eigenvalue weighted by Crippen LogP contribution is -2.22. The average Bonchev–Trinajstić information content (AvgIpc) is 2.96. The number of carbonyl (C=O) groups is 1. The fourth-order valence-corrected chi connectivity index (χ4v) is 3.92. The van der Waals surface area contributed by atoms with Gasteiger partial charge in [-0.2, -0.15) is 13.2 Å². The van der Waals surface area contributed by atoms with Gasteiger partial charge < -0.3 is 10.4 Å². The lowest BCUT2D eigenvalue weighted by Gasteiger charge is -2.14. The van der Waals surface area contributed by atoms with E-state index < -0.39 is 28.7 Å². The van der Waals surface area contributed by atoms with Crippen LogP contribution in [0.4, 0.5) is 24.5 Å². The van der Waals surface area contributed by atoms with E-state index in [0.29, 0.717) is 11.3 Å². The highest BCUT2D eigenvalue weighted by molar-refractivity contribution is 7.94. The Balaban J connectivity index is 2.24. The third-order valence-electron chi connectivity index (χ3n) is 2.74. The van der Waals surface area contributed by atoms with E-state index in [2.05, 4.69) is 10.0 Å². The zero-order valence-electron chi connectivity index (χ0n) is 11.8. The third kappa shape index (κ3) is 4.61. The van der Waals surface area contributed by atoms with Crippen molar-refractivity contribution in [2.75, 3.05) is 16.6 Å². The molecular formula is C13H11F3N2O4S2. The summed E-state index contributed by atoms with van der Waals surface area (Å²) < 4.78 is 63.3. The van der Waals surface area contributed by atoms with E-state index >= 15 is 0 Å². The molecule has 0 aliphatic carbocycles. The summed E-state index contributed by atoms with van der Waals surface area (Å²) in [6, 6.07) is 6.46. The maximum atomic E-state index is 12.3. The Hall–Kier alpha value is -2.27. The van der Waals surface area contributed by atoms with Gasteiger partial charge in [-0.05, 0) is 18.2 Å². The summed E-state index contributed by atoms with van der Waals surface area (Å²) in [6.45, 7) is -1.33. The number of halogens is 3. The molecule has 0 unspecified atom stereocenters. The van der Waals surface area contributed by atoms with E-state index in [1.54, 1.807) is 0 Å². The van der Waals surface area contributed by atoms with E-state index in [9.17, 15) is 26.4 Å². The molecule has 0 radical (unpaired) electrons. The predicted octanol–water partition coefficient (Wildman–Crippen LogP) is 3.22. The Morgan fingerprint density at radius 2 is 1.83 bits per heavy atom. The minimum atomic E-state index is -4.46. The highest BCUT2D eigenvalue weighted by Gasteiger charge is 2.27. The SMILES string of the molecule is O=C(O)c1csc(S(=O)(=O)Nc2ccccc2NCC(F)(F)F)c1. The molecule has 2 aromatic rings. The summed E-state index contributed by atoms with van der Waals surface area (Å²) in [5, 5.41) is 12.1. The second-order valence-corrected chi connectivity index (χ2v) is 7.40.